The number of hydrogen-bond acceptors (Lipinski definition) is 5. The minimum atomic E-state index is -4.73. The van der Waals surface area contributed by atoms with Crippen molar-refractivity contribution in [2.45, 2.75) is 6.10 Å². The van der Waals surface area contributed by atoms with Crippen LogP contribution in [0.25, 0.3) is 0 Å². The summed E-state index contributed by atoms with van der Waals surface area (Å²) in [5.41, 5.74) is 0.577. The molecule has 24 heavy (non-hydrogen) atoms. The molecule has 0 bridgehead atoms. The molecule has 1 N–H and O–H groups in total. The maximum absolute atomic E-state index is 11.2. The van der Waals surface area contributed by atoms with Crippen LogP contribution in [0.5, 0.6) is 0 Å². The lowest BCUT2D eigenvalue weighted by molar-refractivity contribution is -0.961. The van der Waals surface area contributed by atoms with Crippen molar-refractivity contribution < 1.29 is 26.6 Å². The Bertz CT molecular complexity index is 767. The number of benzene rings is 1. The number of aliphatic imine (C=N–C) groups is 1. The van der Waals surface area contributed by atoms with E-state index in [2.05, 4.69) is 11.6 Å². The smallest absolute Gasteiger partial charge is 0.363 e. The number of ether oxygens (including phenoxy) is 1. The van der Waals surface area contributed by atoms with Gasteiger partial charge in [0, 0.05) is 15.6 Å². The molecule has 0 saturated carbocycles. The van der Waals surface area contributed by atoms with E-state index in [1.165, 1.54) is 18.7 Å². The van der Waals surface area contributed by atoms with E-state index >= 15 is 0 Å². The van der Waals surface area contributed by atoms with Gasteiger partial charge in [-0.1, -0.05) is 40.0 Å². The van der Waals surface area contributed by atoms with Crippen LogP contribution in [0.1, 0.15) is 11.7 Å². The van der Waals surface area contributed by atoms with Crippen molar-refractivity contribution in [3.63, 3.8) is 0 Å². The van der Waals surface area contributed by atoms with Gasteiger partial charge < -0.3 is 4.74 Å². The van der Waals surface area contributed by atoms with Crippen molar-refractivity contribution in [3.05, 3.63) is 58.9 Å². The fraction of sp³-hybridized carbons (Fsp3) is 0.214. The molecule has 0 aliphatic carbocycles. The molecule has 0 fully saturated rings. The van der Waals surface area contributed by atoms with Gasteiger partial charge in [0.2, 0.25) is 6.34 Å². The van der Waals surface area contributed by atoms with Gasteiger partial charge in [0.1, 0.15) is 6.10 Å². The normalized spacial score (nSPS) is 21.1. The Kier molecular flexibility index (Phi) is 6.16. The molecule has 130 valence electrons. The van der Waals surface area contributed by atoms with Crippen LogP contribution in [0, 0.1) is 0 Å². The zero-order valence-electron chi connectivity index (χ0n) is 12.4. The van der Waals surface area contributed by atoms with E-state index < -0.39 is 21.1 Å². The van der Waals surface area contributed by atoms with Crippen molar-refractivity contribution in [2.24, 2.45) is 4.99 Å². The number of quaternary nitrogens is 1. The third kappa shape index (κ3) is 5.12. The van der Waals surface area contributed by atoms with Gasteiger partial charge in [-0.05, 0) is 16.4 Å². The van der Waals surface area contributed by atoms with Crippen LogP contribution in [0.2, 0.25) is 10.0 Å². The number of nitrogens with zero attached hydrogens (tertiary/aromatic N) is 2. The average molecular weight is 394 g/mol. The summed E-state index contributed by atoms with van der Waals surface area (Å²) in [6, 6.07) is 4.85. The fourth-order valence-corrected chi connectivity index (χ4v) is 3.18. The number of hydrogen-bond donors (Lipinski definition) is 1. The molecule has 0 radical (unpaired) electrons. The second kappa shape index (κ2) is 7.75. The molecule has 0 spiro atoms. The minimum Gasteiger partial charge on any atom is -0.363 e. The summed E-state index contributed by atoms with van der Waals surface area (Å²) in [7, 11) is -4.73. The van der Waals surface area contributed by atoms with E-state index in [0.29, 0.717) is 15.6 Å². The Morgan fingerprint density at radius 2 is 2.17 bits per heavy atom. The van der Waals surface area contributed by atoms with Gasteiger partial charge in [0.05, 0.1) is 12.8 Å². The monoisotopic (exact) mass is 393 g/mol. The Balaban J connectivity index is 2.35. The van der Waals surface area contributed by atoms with E-state index in [1.807, 2.05) is 0 Å². The molecule has 2 atom stereocenters. The second-order valence-corrected chi connectivity index (χ2v) is 6.73. The summed E-state index contributed by atoms with van der Waals surface area (Å²) < 4.78 is 41.1. The van der Waals surface area contributed by atoms with E-state index in [9.17, 15) is 8.42 Å². The van der Waals surface area contributed by atoms with Gasteiger partial charge in [-0.25, -0.2) is 4.99 Å². The third-order valence-electron chi connectivity index (χ3n) is 3.08. The first kappa shape index (κ1) is 19.1. The summed E-state index contributed by atoms with van der Waals surface area (Å²) in [5.74, 6) is 0. The molecule has 1 aromatic rings. The molecule has 1 aliphatic rings. The lowest BCUT2D eigenvalue weighted by atomic mass is 10.1. The quantitative estimate of drug-likeness (QED) is 0.416. The Labute approximate surface area is 149 Å². The SMILES string of the molecule is C=CCOC(C[N+]1(OS(=O)(=O)O)C=CN=C1)c1ccc(Cl)cc1Cl. The third-order valence-corrected chi connectivity index (χ3v) is 4.10. The Morgan fingerprint density at radius 1 is 1.42 bits per heavy atom. The lowest BCUT2D eigenvalue weighted by Gasteiger charge is -2.27. The lowest BCUT2D eigenvalue weighted by Crippen LogP contribution is -2.45. The second-order valence-electron chi connectivity index (χ2n) is 4.88. The van der Waals surface area contributed by atoms with E-state index in [4.69, 9.17) is 36.8 Å². The first-order valence-corrected chi connectivity index (χ1v) is 8.82. The van der Waals surface area contributed by atoms with Crippen molar-refractivity contribution in [1.82, 2.24) is 0 Å². The topological polar surface area (TPSA) is 85.2 Å². The van der Waals surface area contributed by atoms with Crippen molar-refractivity contribution in [3.8, 4) is 0 Å². The average Bonchev–Trinajstić information content (AvgIpc) is 2.90. The largest absolute Gasteiger partial charge is 0.442 e. The van der Waals surface area contributed by atoms with Crippen LogP contribution in [-0.2, 0) is 19.4 Å². The first-order valence-electron chi connectivity index (χ1n) is 6.70. The fourth-order valence-electron chi connectivity index (χ4n) is 2.15. The highest BCUT2D eigenvalue weighted by atomic mass is 35.5. The van der Waals surface area contributed by atoms with Gasteiger partial charge in [-0.15, -0.1) is 6.58 Å². The molecule has 0 saturated heterocycles. The molecule has 0 amide bonds. The van der Waals surface area contributed by atoms with Crippen LogP contribution in [0.3, 0.4) is 0 Å². The molecule has 7 nitrogen and oxygen atoms in total. The zero-order chi connectivity index (χ0) is 17.8. The number of rotatable bonds is 8. The van der Waals surface area contributed by atoms with Crippen molar-refractivity contribution in [1.29, 1.82) is 0 Å². The van der Waals surface area contributed by atoms with E-state index in [1.54, 1.807) is 24.3 Å². The zero-order valence-corrected chi connectivity index (χ0v) is 14.7. The molecule has 2 rings (SSSR count). The highest BCUT2D eigenvalue weighted by Crippen LogP contribution is 2.32. The predicted octanol–water partition coefficient (Wildman–Crippen LogP) is 3.30. The summed E-state index contributed by atoms with van der Waals surface area (Å²) in [5, 5.41) is 0.800. The molecule has 0 aromatic heterocycles. The van der Waals surface area contributed by atoms with Gasteiger partial charge in [0.25, 0.3) is 0 Å². The summed E-state index contributed by atoms with van der Waals surface area (Å²) in [4.78, 5) is 3.82. The highest BCUT2D eigenvalue weighted by molar-refractivity contribution is 7.80. The van der Waals surface area contributed by atoms with Gasteiger partial charge >= 0.3 is 10.4 Å². The molecule has 2 unspecified atom stereocenters. The molecule has 1 aliphatic heterocycles. The van der Waals surface area contributed by atoms with E-state index in [-0.39, 0.29) is 13.2 Å². The van der Waals surface area contributed by atoms with Crippen LogP contribution in [-0.4, -0.2) is 37.1 Å². The van der Waals surface area contributed by atoms with Gasteiger partial charge in [0.15, 0.2) is 12.7 Å². The summed E-state index contributed by atoms with van der Waals surface area (Å²) in [6.45, 7) is 3.72. The number of hydroxylamine groups is 3. The molecular formula is C14H15Cl2N2O5S+. The van der Waals surface area contributed by atoms with Crippen molar-refractivity contribution >= 4 is 39.9 Å². The summed E-state index contributed by atoms with van der Waals surface area (Å²) >= 11 is 12.1. The molecule has 1 heterocycles. The highest BCUT2D eigenvalue weighted by Gasteiger charge is 2.39. The minimum absolute atomic E-state index is 0.0466. The van der Waals surface area contributed by atoms with Crippen LogP contribution >= 0.6 is 23.2 Å². The van der Waals surface area contributed by atoms with Gasteiger partial charge in [-0.3, -0.25) is 4.55 Å². The predicted molar refractivity (Wildman–Crippen MR) is 90.7 cm³/mol. The first-order chi connectivity index (χ1) is 11.2. The maximum atomic E-state index is 11.2. The molecule has 10 heteroatoms. The van der Waals surface area contributed by atoms with Crippen molar-refractivity contribution in [2.75, 3.05) is 13.2 Å². The Morgan fingerprint density at radius 3 is 2.71 bits per heavy atom. The number of halogens is 2. The molecule has 1 aromatic carbocycles. The Hall–Kier alpha value is -1.26. The van der Waals surface area contributed by atoms with E-state index in [0.717, 1.165) is 0 Å². The van der Waals surface area contributed by atoms with Crippen LogP contribution in [0.15, 0.2) is 48.2 Å². The summed E-state index contributed by atoms with van der Waals surface area (Å²) in [6.07, 6.45) is 4.77. The van der Waals surface area contributed by atoms with Crippen LogP contribution < -0.4 is 0 Å². The maximum Gasteiger partial charge on any atom is 0.442 e. The standard InChI is InChI=1S/C14H14Cl2N2O5S/c1-2-7-22-14(12-4-3-11(15)8-13(12)16)9-18(6-5-17-10-18)23-24(19,20)21/h2-6,8,10,14H,1,7,9H2/p+1. The van der Waals surface area contributed by atoms with Gasteiger partial charge in [-0.2, -0.15) is 8.42 Å². The van der Waals surface area contributed by atoms with Crippen LogP contribution in [0.4, 0.5) is 0 Å². The molecular weight excluding hydrogens is 379 g/mol.